The van der Waals surface area contributed by atoms with Crippen LogP contribution < -0.4 is 10.8 Å². The Balaban J connectivity index is 2.15. The Morgan fingerprint density at radius 2 is 1.05 bits per heavy atom. The van der Waals surface area contributed by atoms with Crippen molar-refractivity contribution < 1.29 is 9.83 Å². The average molecular weight is 248 g/mol. The first-order valence-corrected chi connectivity index (χ1v) is 6.17. The fraction of sp³-hybridized carbons (Fsp3) is 0. The van der Waals surface area contributed by atoms with Gasteiger partial charge in [-0.05, 0) is 0 Å². The van der Waals surface area contributed by atoms with Gasteiger partial charge in [0.2, 0.25) is 5.36 Å². The number of nitrogens with two attached hydrogens (primary N) is 1. The molecule has 0 unspecified atom stereocenters. The van der Waals surface area contributed by atoms with Crippen LogP contribution in [0.4, 0.5) is 0 Å². The van der Waals surface area contributed by atoms with E-state index >= 15 is 0 Å². The molecule has 0 amide bonds. The largest absolute Gasteiger partial charge is 0.456 e. The molecule has 0 atom stereocenters. The maximum absolute atomic E-state index is 5.97. The molecule has 0 spiro atoms. The minimum atomic E-state index is 0.698. The van der Waals surface area contributed by atoms with E-state index in [0.29, 0.717) is 5.36 Å². The number of hydrogen-bond donors (Lipinski definition) is 1. The van der Waals surface area contributed by atoms with Crippen molar-refractivity contribution in [2.45, 2.75) is 0 Å². The Bertz CT molecular complexity index is 669. The average Bonchev–Trinajstić information content (AvgIpc) is 2.48. The molecule has 0 saturated carbocycles. The third-order valence-electron chi connectivity index (χ3n) is 2.93. The van der Waals surface area contributed by atoms with Crippen LogP contribution in [0.5, 0.6) is 0 Å². The van der Waals surface area contributed by atoms with Gasteiger partial charge in [0.25, 0.3) is 0 Å². The van der Waals surface area contributed by atoms with Gasteiger partial charge < -0.3 is 4.42 Å². The van der Waals surface area contributed by atoms with E-state index in [0.717, 1.165) is 22.6 Å². The second kappa shape index (κ2) is 4.94. The van der Waals surface area contributed by atoms with Gasteiger partial charge in [0.1, 0.15) is 11.5 Å². The van der Waals surface area contributed by atoms with E-state index in [1.54, 1.807) is 0 Å². The number of hydrogen-bond acceptors (Lipinski definition) is 1. The summed E-state index contributed by atoms with van der Waals surface area (Å²) >= 11 is 0. The van der Waals surface area contributed by atoms with Crippen LogP contribution in [0.3, 0.4) is 0 Å². The molecule has 0 radical (unpaired) electrons. The molecular weight excluding hydrogens is 234 g/mol. The molecule has 2 nitrogen and oxygen atoms in total. The summed E-state index contributed by atoms with van der Waals surface area (Å²) in [6.45, 7) is 0. The van der Waals surface area contributed by atoms with Crippen molar-refractivity contribution >= 4 is 0 Å². The predicted molar refractivity (Wildman–Crippen MR) is 74.6 cm³/mol. The summed E-state index contributed by atoms with van der Waals surface area (Å²) in [6, 6.07) is 23.6. The van der Waals surface area contributed by atoms with E-state index in [4.69, 9.17) is 9.83 Å². The van der Waals surface area contributed by atoms with Gasteiger partial charge in [0.15, 0.2) is 0 Å². The highest BCUT2D eigenvalue weighted by Gasteiger charge is 2.06. The van der Waals surface area contributed by atoms with Gasteiger partial charge in [-0.1, -0.05) is 60.7 Å². The minimum absolute atomic E-state index is 0.698. The monoisotopic (exact) mass is 248 g/mol. The summed E-state index contributed by atoms with van der Waals surface area (Å²) in [4.78, 5) is 0. The van der Waals surface area contributed by atoms with Gasteiger partial charge in [0, 0.05) is 11.1 Å². The molecule has 0 aliphatic heterocycles. The first kappa shape index (κ1) is 11.5. The van der Waals surface area contributed by atoms with Crippen molar-refractivity contribution in [3.8, 4) is 22.6 Å². The van der Waals surface area contributed by atoms with E-state index in [1.807, 2.05) is 72.8 Å². The molecule has 0 aliphatic carbocycles. The van der Waals surface area contributed by atoms with Crippen molar-refractivity contribution in [2.75, 3.05) is 0 Å². The van der Waals surface area contributed by atoms with Crippen LogP contribution in [0.2, 0.25) is 0 Å². The first-order valence-electron chi connectivity index (χ1n) is 6.17. The first-order chi connectivity index (χ1) is 9.33. The maximum atomic E-state index is 5.97. The molecule has 0 fully saturated rings. The van der Waals surface area contributed by atoms with E-state index < -0.39 is 0 Å². The van der Waals surface area contributed by atoms with Gasteiger partial charge in [-0.3, -0.25) is 5.41 Å². The van der Waals surface area contributed by atoms with Crippen LogP contribution in [0.25, 0.3) is 22.6 Å². The quantitative estimate of drug-likeness (QED) is 0.742. The number of rotatable bonds is 2. The van der Waals surface area contributed by atoms with Crippen LogP contribution in [0.15, 0.2) is 77.2 Å². The van der Waals surface area contributed by atoms with Gasteiger partial charge in [0.05, 0.1) is 12.1 Å². The zero-order valence-electron chi connectivity index (χ0n) is 10.4. The molecule has 19 heavy (non-hydrogen) atoms. The van der Waals surface area contributed by atoms with Crippen LogP contribution >= 0.6 is 0 Å². The Kier molecular flexibility index (Phi) is 2.99. The second-order valence-electron chi connectivity index (χ2n) is 4.35. The van der Waals surface area contributed by atoms with Crippen LogP contribution in [0.1, 0.15) is 0 Å². The summed E-state index contributed by atoms with van der Waals surface area (Å²) in [5.41, 5.74) is 2.04. The van der Waals surface area contributed by atoms with Gasteiger partial charge >= 0.3 is 0 Å². The zero-order valence-corrected chi connectivity index (χ0v) is 10.4. The molecule has 0 aliphatic rings. The molecule has 3 aromatic rings. The summed E-state index contributed by atoms with van der Waals surface area (Å²) < 4.78 is 5.95. The fourth-order valence-electron chi connectivity index (χ4n) is 2.01. The van der Waals surface area contributed by atoms with E-state index in [2.05, 4.69) is 0 Å². The van der Waals surface area contributed by atoms with Crippen molar-refractivity contribution in [1.29, 1.82) is 0 Å². The summed E-state index contributed by atoms with van der Waals surface area (Å²) in [5.74, 6) is 1.55. The second-order valence-corrected chi connectivity index (χ2v) is 4.35. The third kappa shape index (κ3) is 2.47. The molecule has 1 heterocycles. The summed E-state index contributed by atoms with van der Waals surface area (Å²) in [5, 5.41) is 6.67. The summed E-state index contributed by atoms with van der Waals surface area (Å²) in [7, 11) is 0. The standard InChI is InChI=1S/C17H13NO/c18-15-11-16(13-7-3-1-4-8-13)19-17(12-15)14-9-5-2-6-10-14/h1-12,18H/p+1. The minimum Gasteiger partial charge on any atom is -0.456 e. The Labute approximate surface area is 111 Å². The lowest BCUT2D eigenvalue weighted by molar-refractivity contribution is -0.172. The Morgan fingerprint density at radius 1 is 0.632 bits per heavy atom. The van der Waals surface area contributed by atoms with Crippen molar-refractivity contribution in [3.05, 3.63) is 78.2 Å². The lowest BCUT2D eigenvalue weighted by Crippen LogP contribution is -2.44. The fourth-order valence-corrected chi connectivity index (χ4v) is 2.01. The molecular formula is C17H14NO+. The van der Waals surface area contributed by atoms with E-state index in [-0.39, 0.29) is 0 Å². The topological polar surface area (TPSA) is 38.7 Å². The normalized spacial score (nSPS) is 10.3. The highest BCUT2D eigenvalue weighted by molar-refractivity contribution is 5.62. The van der Waals surface area contributed by atoms with Crippen molar-refractivity contribution in [2.24, 2.45) is 0 Å². The Hall–Kier alpha value is -2.61. The van der Waals surface area contributed by atoms with Crippen molar-refractivity contribution in [3.63, 3.8) is 0 Å². The molecule has 2 N–H and O–H groups in total. The summed E-state index contributed by atoms with van der Waals surface area (Å²) in [6.07, 6.45) is 0. The number of benzene rings is 2. The van der Waals surface area contributed by atoms with Gasteiger partial charge in [-0.15, -0.1) is 0 Å². The van der Waals surface area contributed by atoms with Crippen molar-refractivity contribution in [1.82, 2.24) is 0 Å². The van der Waals surface area contributed by atoms with E-state index in [1.165, 1.54) is 0 Å². The zero-order chi connectivity index (χ0) is 13.1. The van der Waals surface area contributed by atoms with Crippen LogP contribution in [-0.2, 0) is 0 Å². The lowest BCUT2D eigenvalue weighted by Gasteiger charge is -2.04. The smallest absolute Gasteiger partial charge is 0.204 e. The predicted octanol–water partition coefficient (Wildman–Crippen LogP) is 2.27. The molecule has 0 bridgehead atoms. The van der Waals surface area contributed by atoms with E-state index in [9.17, 15) is 0 Å². The van der Waals surface area contributed by atoms with Crippen LogP contribution in [-0.4, -0.2) is 0 Å². The molecule has 2 aromatic carbocycles. The van der Waals surface area contributed by atoms with Crippen LogP contribution in [0, 0.1) is 0 Å². The van der Waals surface area contributed by atoms with Gasteiger partial charge in [-0.2, -0.15) is 0 Å². The molecule has 92 valence electrons. The Morgan fingerprint density at radius 3 is 1.47 bits per heavy atom. The molecule has 2 heteroatoms. The molecule has 0 saturated heterocycles. The highest BCUT2D eigenvalue weighted by Crippen LogP contribution is 2.24. The molecule has 1 aromatic heterocycles. The van der Waals surface area contributed by atoms with Gasteiger partial charge in [-0.25, -0.2) is 0 Å². The third-order valence-corrected chi connectivity index (χ3v) is 2.93. The molecule has 3 rings (SSSR count). The maximum Gasteiger partial charge on any atom is 0.204 e. The highest BCUT2D eigenvalue weighted by atomic mass is 16.3. The lowest BCUT2D eigenvalue weighted by atomic mass is 10.1. The SMILES string of the molecule is [NH2+]=c1cc(-c2ccccc2)oc(-c2ccccc2)c1.